The van der Waals surface area contributed by atoms with Gasteiger partial charge in [-0.05, 0) is 13.8 Å². The number of hydrogen-bond acceptors (Lipinski definition) is 3. The van der Waals surface area contributed by atoms with Gasteiger partial charge in [-0.1, -0.05) is 0 Å². The van der Waals surface area contributed by atoms with Gasteiger partial charge in [-0.25, -0.2) is 4.98 Å². The van der Waals surface area contributed by atoms with E-state index in [1.54, 1.807) is 13.8 Å². The van der Waals surface area contributed by atoms with Crippen LogP contribution in [0.4, 0.5) is 13.2 Å². The predicted octanol–water partition coefficient (Wildman–Crippen LogP) is 3.65. The van der Waals surface area contributed by atoms with Crippen LogP contribution in [0.15, 0.2) is 12.1 Å². The number of hydrogen-bond donors (Lipinski definition) is 0. The summed E-state index contributed by atoms with van der Waals surface area (Å²) < 4.78 is 50.6. The Morgan fingerprint density at radius 1 is 1.10 bits per heavy atom. The van der Waals surface area contributed by atoms with Crippen LogP contribution in [-0.2, 0) is 6.18 Å². The highest BCUT2D eigenvalue weighted by molar-refractivity contribution is 5.81. The lowest BCUT2D eigenvalue weighted by atomic mass is 10.2. The number of fused-ring (bicyclic) bond motifs is 1. The van der Waals surface area contributed by atoms with E-state index in [9.17, 15) is 13.2 Å². The standard InChI is InChI=1S/C13H15F3N2O2/c1-7(2)18-9-6-11(20-4)10(19-3)5-8(9)17-12(18)13(14,15)16/h5-7H,1-4H3. The van der Waals surface area contributed by atoms with Gasteiger partial charge in [-0.3, -0.25) is 0 Å². The quantitative estimate of drug-likeness (QED) is 0.865. The van der Waals surface area contributed by atoms with Gasteiger partial charge in [-0.2, -0.15) is 13.2 Å². The Bertz CT molecular complexity index is 633. The number of ether oxygens (including phenoxy) is 2. The Morgan fingerprint density at radius 3 is 2.10 bits per heavy atom. The van der Waals surface area contributed by atoms with E-state index in [-0.39, 0.29) is 11.6 Å². The molecule has 0 radical (unpaired) electrons. The topological polar surface area (TPSA) is 36.3 Å². The molecule has 0 saturated heterocycles. The number of imidazole rings is 1. The summed E-state index contributed by atoms with van der Waals surface area (Å²) in [6.45, 7) is 3.35. The zero-order valence-electron chi connectivity index (χ0n) is 11.6. The number of rotatable bonds is 3. The van der Waals surface area contributed by atoms with Gasteiger partial charge in [0.1, 0.15) is 0 Å². The molecular weight excluding hydrogens is 273 g/mol. The molecule has 0 aliphatic heterocycles. The van der Waals surface area contributed by atoms with Crippen molar-refractivity contribution in [3.63, 3.8) is 0 Å². The van der Waals surface area contributed by atoms with Gasteiger partial charge < -0.3 is 14.0 Å². The highest BCUT2D eigenvalue weighted by atomic mass is 19.4. The molecule has 20 heavy (non-hydrogen) atoms. The number of nitrogens with zero attached hydrogens (tertiary/aromatic N) is 2. The van der Waals surface area contributed by atoms with E-state index in [4.69, 9.17) is 9.47 Å². The Morgan fingerprint density at radius 2 is 1.65 bits per heavy atom. The lowest BCUT2D eigenvalue weighted by molar-refractivity contribution is -0.147. The molecule has 1 heterocycles. The summed E-state index contributed by atoms with van der Waals surface area (Å²) in [5.74, 6) is -0.199. The molecule has 7 heteroatoms. The summed E-state index contributed by atoms with van der Waals surface area (Å²) in [4.78, 5) is 3.69. The summed E-state index contributed by atoms with van der Waals surface area (Å²) in [6, 6.07) is 2.58. The van der Waals surface area contributed by atoms with E-state index in [1.807, 2.05) is 0 Å². The van der Waals surface area contributed by atoms with E-state index < -0.39 is 12.0 Å². The molecule has 2 rings (SSSR count). The van der Waals surface area contributed by atoms with Gasteiger partial charge in [0.05, 0.1) is 25.3 Å². The first-order chi connectivity index (χ1) is 9.29. The Labute approximate surface area is 114 Å². The first kappa shape index (κ1) is 14.5. The molecule has 1 aromatic carbocycles. The van der Waals surface area contributed by atoms with Gasteiger partial charge in [0.25, 0.3) is 0 Å². The van der Waals surface area contributed by atoms with Crippen molar-refractivity contribution in [1.82, 2.24) is 9.55 Å². The van der Waals surface area contributed by atoms with Gasteiger partial charge in [0.15, 0.2) is 11.5 Å². The highest BCUT2D eigenvalue weighted by Gasteiger charge is 2.38. The molecule has 1 aromatic heterocycles. The molecule has 0 N–H and O–H groups in total. The molecule has 110 valence electrons. The van der Waals surface area contributed by atoms with Crippen molar-refractivity contribution in [3.8, 4) is 11.5 Å². The van der Waals surface area contributed by atoms with Gasteiger partial charge >= 0.3 is 6.18 Å². The van der Waals surface area contributed by atoms with Crippen LogP contribution in [-0.4, -0.2) is 23.8 Å². The van der Waals surface area contributed by atoms with Crippen molar-refractivity contribution in [2.45, 2.75) is 26.1 Å². The summed E-state index contributed by atoms with van der Waals surface area (Å²) in [5, 5.41) is 0. The van der Waals surface area contributed by atoms with E-state index in [2.05, 4.69) is 4.98 Å². The number of halogens is 3. The van der Waals surface area contributed by atoms with Crippen LogP contribution < -0.4 is 9.47 Å². The van der Waals surface area contributed by atoms with Gasteiger partial charge in [0, 0.05) is 18.2 Å². The molecular formula is C13H15F3N2O2. The van der Waals surface area contributed by atoms with Crippen LogP contribution in [0.2, 0.25) is 0 Å². The average molecular weight is 288 g/mol. The van der Waals surface area contributed by atoms with E-state index in [0.717, 1.165) is 4.57 Å². The van der Waals surface area contributed by atoms with Crippen LogP contribution in [0.3, 0.4) is 0 Å². The normalized spacial score (nSPS) is 12.2. The maximum absolute atomic E-state index is 13.1. The fourth-order valence-electron chi connectivity index (χ4n) is 2.14. The summed E-state index contributed by atoms with van der Waals surface area (Å²) in [6.07, 6.45) is -4.51. The summed E-state index contributed by atoms with van der Waals surface area (Å²) >= 11 is 0. The van der Waals surface area contributed by atoms with Gasteiger partial charge in [0.2, 0.25) is 5.82 Å². The number of aromatic nitrogens is 2. The van der Waals surface area contributed by atoms with Crippen LogP contribution in [0.25, 0.3) is 11.0 Å². The second-order valence-corrected chi connectivity index (χ2v) is 4.59. The third-order valence-corrected chi connectivity index (χ3v) is 2.96. The molecule has 0 atom stereocenters. The number of alkyl halides is 3. The fourth-order valence-corrected chi connectivity index (χ4v) is 2.14. The lowest BCUT2D eigenvalue weighted by Crippen LogP contribution is -2.16. The molecule has 0 aliphatic rings. The Hall–Kier alpha value is -1.92. The maximum atomic E-state index is 13.1. The van der Waals surface area contributed by atoms with Crippen LogP contribution >= 0.6 is 0 Å². The number of methoxy groups -OCH3 is 2. The first-order valence-electron chi connectivity index (χ1n) is 6.00. The van der Waals surface area contributed by atoms with Crippen molar-refractivity contribution < 1.29 is 22.6 Å². The van der Waals surface area contributed by atoms with Crippen molar-refractivity contribution in [1.29, 1.82) is 0 Å². The minimum atomic E-state index is -4.51. The van der Waals surface area contributed by atoms with E-state index in [1.165, 1.54) is 26.4 Å². The lowest BCUT2D eigenvalue weighted by Gasteiger charge is -2.15. The van der Waals surface area contributed by atoms with E-state index in [0.29, 0.717) is 17.0 Å². The maximum Gasteiger partial charge on any atom is 0.449 e. The predicted molar refractivity (Wildman–Crippen MR) is 68.2 cm³/mol. The third kappa shape index (κ3) is 2.28. The highest BCUT2D eigenvalue weighted by Crippen LogP contribution is 2.38. The van der Waals surface area contributed by atoms with E-state index >= 15 is 0 Å². The third-order valence-electron chi connectivity index (χ3n) is 2.96. The molecule has 0 aliphatic carbocycles. The first-order valence-corrected chi connectivity index (χ1v) is 6.00. The Balaban J connectivity index is 2.81. The Kier molecular flexibility index (Phi) is 3.54. The molecule has 4 nitrogen and oxygen atoms in total. The summed E-state index contributed by atoms with van der Waals surface area (Å²) in [7, 11) is 2.86. The summed E-state index contributed by atoms with van der Waals surface area (Å²) in [5.41, 5.74) is 0.591. The van der Waals surface area contributed by atoms with Crippen LogP contribution in [0.1, 0.15) is 25.7 Å². The van der Waals surface area contributed by atoms with Crippen LogP contribution in [0.5, 0.6) is 11.5 Å². The van der Waals surface area contributed by atoms with Crippen molar-refractivity contribution in [2.75, 3.05) is 14.2 Å². The molecule has 0 fully saturated rings. The number of benzene rings is 1. The van der Waals surface area contributed by atoms with Gasteiger partial charge in [-0.15, -0.1) is 0 Å². The minimum Gasteiger partial charge on any atom is -0.493 e. The second kappa shape index (κ2) is 4.88. The smallest absolute Gasteiger partial charge is 0.449 e. The van der Waals surface area contributed by atoms with Crippen molar-refractivity contribution in [3.05, 3.63) is 18.0 Å². The van der Waals surface area contributed by atoms with Crippen molar-refractivity contribution >= 4 is 11.0 Å². The molecule has 0 amide bonds. The largest absolute Gasteiger partial charge is 0.493 e. The molecule has 0 bridgehead atoms. The zero-order valence-corrected chi connectivity index (χ0v) is 11.6. The van der Waals surface area contributed by atoms with Crippen molar-refractivity contribution in [2.24, 2.45) is 0 Å². The second-order valence-electron chi connectivity index (χ2n) is 4.59. The minimum absolute atomic E-state index is 0.226. The molecule has 2 aromatic rings. The average Bonchev–Trinajstić information content (AvgIpc) is 2.75. The fraction of sp³-hybridized carbons (Fsp3) is 0.462. The zero-order chi connectivity index (χ0) is 15.1. The van der Waals surface area contributed by atoms with Crippen LogP contribution in [0, 0.1) is 0 Å². The molecule has 0 unspecified atom stereocenters. The SMILES string of the molecule is COc1cc2nc(C(F)(F)F)n(C(C)C)c2cc1OC. The monoisotopic (exact) mass is 288 g/mol. The molecule has 0 saturated carbocycles. The molecule has 0 spiro atoms.